The lowest BCUT2D eigenvalue weighted by Gasteiger charge is -2.20. The van der Waals surface area contributed by atoms with Crippen molar-refractivity contribution in [1.29, 1.82) is 0 Å². The Bertz CT molecular complexity index is 434. The van der Waals surface area contributed by atoms with Gasteiger partial charge in [-0.3, -0.25) is 9.69 Å². The number of pyridine rings is 1. The first kappa shape index (κ1) is 17.4. The summed E-state index contributed by atoms with van der Waals surface area (Å²) in [5.74, 6) is 0.962. The van der Waals surface area contributed by atoms with E-state index >= 15 is 0 Å². The Morgan fingerprint density at radius 3 is 2.71 bits per heavy atom. The van der Waals surface area contributed by atoms with Crippen LogP contribution in [0.1, 0.15) is 39.8 Å². The van der Waals surface area contributed by atoms with Crippen molar-refractivity contribution in [1.82, 2.24) is 15.2 Å². The molecule has 0 bridgehead atoms. The fraction of sp³-hybridized carbons (Fsp3) is 0.625. The second kappa shape index (κ2) is 9.34. The highest BCUT2D eigenvalue weighted by molar-refractivity contribution is 5.78. The Morgan fingerprint density at radius 2 is 2.10 bits per heavy atom. The first-order valence-electron chi connectivity index (χ1n) is 7.76. The Kier molecular flexibility index (Phi) is 7.75. The van der Waals surface area contributed by atoms with Crippen LogP contribution in [0.25, 0.3) is 0 Å². The smallest absolute Gasteiger partial charge is 0.234 e. The van der Waals surface area contributed by atoms with Crippen molar-refractivity contribution >= 4 is 11.7 Å². The molecule has 0 aromatic carbocycles. The highest BCUT2D eigenvalue weighted by Crippen LogP contribution is 2.07. The average Bonchev–Trinajstić information content (AvgIpc) is 2.44. The van der Waals surface area contributed by atoms with Gasteiger partial charge in [0.2, 0.25) is 5.91 Å². The second-order valence-electron chi connectivity index (χ2n) is 5.47. The predicted molar refractivity (Wildman–Crippen MR) is 87.2 cm³/mol. The van der Waals surface area contributed by atoms with Gasteiger partial charge in [0, 0.05) is 19.1 Å². The van der Waals surface area contributed by atoms with E-state index in [1.807, 2.05) is 32.0 Å². The van der Waals surface area contributed by atoms with E-state index in [4.69, 9.17) is 0 Å². The highest BCUT2D eigenvalue weighted by Gasteiger charge is 2.11. The summed E-state index contributed by atoms with van der Waals surface area (Å²) >= 11 is 0. The standard InChI is InChI=1S/C16H28N4O/c1-5-10-17-15-9-7-8-14(19-15)11-20(6-2)12-16(21)18-13(3)4/h7-9,13H,5-6,10-12H2,1-4H3,(H,17,19)(H,18,21). The number of carbonyl (C=O) groups is 1. The molecule has 0 saturated heterocycles. The van der Waals surface area contributed by atoms with Crippen LogP contribution in [0.5, 0.6) is 0 Å². The molecule has 2 N–H and O–H groups in total. The van der Waals surface area contributed by atoms with Crippen LogP contribution in [0.3, 0.4) is 0 Å². The van der Waals surface area contributed by atoms with Crippen LogP contribution < -0.4 is 10.6 Å². The molecular weight excluding hydrogens is 264 g/mol. The van der Waals surface area contributed by atoms with Crippen molar-refractivity contribution in [3.8, 4) is 0 Å². The third-order valence-electron chi connectivity index (χ3n) is 3.01. The zero-order valence-electron chi connectivity index (χ0n) is 13.6. The minimum atomic E-state index is 0.0621. The number of carbonyl (C=O) groups excluding carboxylic acids is 1. The molecular formula is C16H28N4O. The van der Waals surface area contributed by atoms with Crippen molar-refractivity contribution < 1.29 is 4.79 Å². The fourth-order valence-electron chi connectivity index (χ4n) is 2.00. The van der Waals surface area contributed by atoms with E-state index in [0.717, 1.165) is 31.0 Å². The summed E-state index contributed by atoms with van der Waals surface area (Å²) in [4.78, 5) is 18.5. The van der Waals surface area contributed by atoms with Crippen molar-refractivity contribution in [3.05, 3.63) is 23.9 Å². The van der Waals surface area contributed by atoms with Gasteiger partial charge in [0.25, 0.3) is 0 Å². The fourth-order valence-corrected chi connectivity index (χ4v) is 2.00. The summed E-state index contributed by atoms with van der Waals surface area (Å²) in [6, 6.07) is 6.15. The molecule has 0 fully saturated rings. The van der Waals surface area contributed by atoms with E-state index < -0.39 is 0 Å². The molecule has 118 valence electrons. The molecule has 1 aromatic rings. The monoisotopic (exact) mass is 292 g/mol. The molecule has 1 amide bonds. The topological polar surface area (TPSA) is 57.3 Å². The van der Waals surface area contributed by atoms with Crippen molar-refractivity contribution in [2.24, 2.45) is 0 Å². The van der Waals surface area contributed by atoms with Crippen molar-refractivity contribution in [3.63, 3.8) is 0 Å². The predicted octanol–water partition coefficient (Wildman–Crippen LogP) is 2.25. The van der Waals surface area contributed by atoms with Crippen LogP contribution in [0, 0.1) is 0 Å². The maximum absolute atomic E-state index is 11.8. The lowest BCUT2D eigenvalue weighted by molar-refractivity contribution is -0.122. The van der Waals surface area contributed by atoms with Crippen LogP contribution in [0.15, 0.2) is 18.2 Å². The molecule has 1 aromatic heterocycles. The first-order valence-corrected chi connectivity index (χ1v) is 7.76. The molecule has 5 heteroatoms. The number of nitrogens with zero attached hydrogens (tertiary/aromatic N) is 2. The Hall–Kier alpha value is -1.62. The van der Waals surface area contributed by atoms with Gasteiger partial charge < -0.3 is 10.6 Å². The number of anilines is 1. The van der Waals surface area contributed by atoms with Gasteiger partial charge in [0.1, 0.15) is 5.82 Å². The van der Waals surface area contributed by atoms with Crippen LogP contribution in [0.4, 0.5) is 5.82 Å². The molecule has 1 rings (SSSR count). The van der Waals surface area contributed by atoms with Crippen LogP contribution in [-0.4, -0.2) is 41.5 Å². The molecule has 0 saturated carbocycles. The summed E-state index contributed by atoms with van der Waals surface area (Å²) < 4.78 is 0. The van der Waals surface area contributed by atoms with Gasteiger partial charge in [-0.15, -0.1) is 0 Å². The van der Waals surface area contributed by atoms with Gasteiger partial charge in [0.05, 0.1) is 12.2 Å². The Labute approximate surface area is 128 Å². The minimum absolute atomic E-state index is 0.0621. The average molecular weight is 292 g/mol. The molecule has 0 aliphatic carbocycles. The SMILES string of the molecule is CCCNc1cccc(CN(CC)CC(=O)NC(C)C)n1. The summed E-state index contributed by atoms with van der Waals surface area (Å²) in [6.07, 6.45) is 1.07. The lowest BCUT2D eigenvalue weighted by Crippen LogP contribution is -2.39. The lowest BCUT2D eigenvalue weighted by atomic mass is 10.3. The summed E-state index contributed by atoms with van der Waals surface area (Å²) in [5.41, 5.74) is 0.982. The summed E-state index contributed by atoms with van der Waals surface area (Å²) in [5, 5.41) is 6.20. The van der Waals surface area contributed by atoms with Crippen molar-refractivity contribution in [2.75, 3.05) is 25.0 Å². The van der Waals surface area contributed by atoms with Gasteiger partial charge in [-0.2, -0.15) is 0 Å². The molecule has 21 heavy (non-hydrogen) atoms. The van der Waals surface area contributed by atoms with E-state index in [-0.39, 0.29) is 11.9 Å². The van der Waals surface area contributed by atoms with Gasteiger partial charge in [-0.1, -0.05) is 19.9 Å². The van der Waals surface area contributed by atoms with E-state index in [0.29, 0.717) is 13.1 Å². The molecule has 0 unspecified atom stereocenters. The Balaban J connectivity index is 2.58. The number of nitrogens with one attached hydrogen (secondary N) is 2. The zero-order valence-corrected chi connectivity index (χ0v) is 13.6. The molecule has 0 aliphatic heterocycles. The zero-order chi connectivity index (χ0) is 15.7. The van der Waals surface area contributed by atoms with E-state index in [9.17, 15) is 4.79 Å². The maximum atomic E-state index is 11.8. The van der Waals surface area contributed by atoms with Gasteiger partial charge in [-0.25, -0.2) is 4.98 Å². The quantitative estimate of drug-likeness (QED) is 0.733. The summed E-state index contributed by atoms with van der Waals surface area (Å²) in [7, 11) is 0. The maximum Gasteiger partial charge on any atom is 0.234 e. The third-order valence-corrected chi connectivity index (χ3v) is 3.01. The first-order chi connectivity index (χ1) is 10.0. The van der Waals surface area contributed by atoms with Crippen LogP contribution in [0.2, 0.25) is 0 Å². The van der Waals surface area contributed by atoms with Gasteiger partial charge in [-0.05, 0) is 38.9 Å². The molecule has 0 spiro atoms. The van der Waals surface area contributed by atoms with Gasteiger partial charge >= 0.3 is 0 Å². The van der Waals surface area contributed by atoms with Crippen LogP contribution >= 0.6 is 0 Å². The number of amides is 1. The van der Waals surface area contributed by atoms with Crippen LogP contribution in [-0.2, 0) is 11.3 Å². The third kappa shape index (κ3) is 7.09. The highest BCUT2D eigenvalue weighted by atomic mass is 16.2. The van der Waals surface area contributed by atoms with E-state index in [1.54, 1.807) is 0 Å². The molecule has 0 aliphatic rings. The van der Waals surface area contributed by atoms with E-state index in [2.05, 4.69) is 34.4 Å². The number of hydrogen-bond donors (Lipinski definition) is 2. The summed E-state index contributed by atoms with van der Waals surface area (Å²) in [6.45, 7) is 11.0. The number of rotatable bonds is 9. The normalized spacial score (nSPS) is 11.0. The van der Waals surface area contributed by atoms with Gasteiger partial charge in [0.15, 0.2) is 0 Å². The molecule has 5 nitrogen and oxygen atoms in total. The molecule has 0 atom stereocenters. The number of aromatic nitrogens is 1. The Morgan fingerprint density at radius 1 is 1.33 bits per heavy atom. The molecule has 1 heterocycles. The number of hydrogen-bond acceptors (Lipinski definition) is 4. The second-order valence-corrected chi connectivity index (χ2v) is 5.47. The molecule has 0 radical (unpaired) electrons. The number of likely N-dealkylation sites (N-methyl/N-ethyl adjacent to an activating group) is 1. The van der Waals surface area contributed by atoms with E-state index in [1.165, 1.54) is 0 Å². The van der Waals surface area contributed by atoms with Crippen molar-refractivity contribution in [2.45, 2.75) is 46.7 Å². The minimum Gasteiger partial charge on any atom is -0.370 e. The largest absolute Gasteiger partial charge is 0.370 e.